The second kappa shape index (κ2) is 6.20. The van der Waals surface area contributed by atoms with E-state index in [0.717, 1.165) is 39.0 Å². The van der Waals surface area contributed by atoms with Crippen molar-refractivity contribution in [3.8, 4) is 5.75 Å². The SMILES string of the molecule is O=C1NCC2(CCN(CCn3cnnn3)CC2)Oc2ccccc21. The number of amides is 1. The fourth-order valence-electron chi connectivity index (χ4n) is 3.34. The number of ether oxygens (including phenoxy) is 1. The van der Waals surface area contributed by atoms with Crippen molar-refractivity contribution in [3.63, 3.8) is 0 Å². The molecule has 2 aliphatic heterocycles. The molecule has 1 N–H and O–H groups in total. The third-order valence-corrected chi connectivity index (χ3v) is 4.83. The Balaban J connectivity index is 1.40. The number of rotatable bonds is 3. The number of hydrogen-bond donors (Lipinski definition) is 1. The van der Waals surface area contributed by atoms with E-state index in [1.807, 2.05) is 24.3 Å². The number of benzene rings is 1. The van der Waals surface area contributed by atoms with E-state index in [2.05, 4.69) is 25.7 Å². The van der Waals surface area contributed by atoms with Gasteiger partial charge in [0.2, 0.25) is 0 Å². The van der Waals surface area contributed by atoms with Gasteiger partial charge in [-0.1, -0.05) is 12.1 Å². The van der Waals surface area contributed by atoms with E-state index in [9.17, 15) is 4.79 Å². The average molecular weight is 328 g/mol. The maximum atomic E-state index is 12.2. The number of carbonyl (C=O) groups is 1. The summed E-state index contributed by atoms with van der Waals surface area (Å²) in [5.74, 6) is 0.637. The van der Waals surface area contributed by atoms with Crippen LogP contribution in [0.25, 0.3) is 0 Å². The summed E-state index contributed by atoms with van der Waals surface area (Å²) in [7, 11) is 0. The molecule has 24 heavy (non-hydrogen) atoms. The molecule has 0 atom stereocenters. The molecule has 0 bridgehead atoms. The lowest BCUT2D eigenvalue weighted by molar-refractivity contribution is 0.00513. The van der Waals surface area contributed by atoms with Gasteiger partial charge in [-0.2, -0.15) is 0 Å². The van der Waals surface area contributed by atoms with Gasteiger partial charge in [0.1, 0.15) is 17.7 Å². The van der Waals surface area contributed by atoms with Gasteiger partial charge in [-0.3, -0.25) is 4.79 Å². The zero-order valence-electron chi connectivity index (χ0n) is 13.4. The standard InChI is InChI=1S/C16H20N6O2/c23-15-13-3-1-2-4-14(13)24-16(11-17-15)5-7-21(8-6-16)9-10-22-12-18-19-20-22/h1-4,12H,5-11H2,(H,17,23). The van der Waals surface area contributed by atoms with Crippen LogP contribution < -0.4 is 10.1 Å². The van der Waals surface area contributed by atoms with E-state index in [1.165, 1.54) is 0 Å². The number of aromatic nitrogens is 4. The van der Waals surface area contributed by atoms with Crippen molar-refractivity contribution in [2.24, 2.45) is 0 Å². The Kier molecular flexibility index (Phi) is 3.89. The van der Waals surface area contributed by atoms with Gasteiger partial charge in [0, 0.05) is 32.5 Å². The van der Waals surface area contributed by atoms with Crippen molar-refractivity contribution in [3.05, 3.63) is 36.2 Å². The Bertz CT molecular complexity index is 709. The maximum Gasteiger partial charge on any atom is 0.255 e. The smallest absolute Gasteiger partial charge is 0.255 e. The van der Waals surface area contributed by atoms with Gasteiger partial charge in [-0.25, -0.2) is 4.68 Å². The summed E-state index contributed by atoms with van der Waals surface area (Å²) in [6.45, 7) is 4.10. The first-order chi connectivity index (χ1) is 11.7. The molecule has 1 aromatic heterocycles. The van der Waals surface area contributed by atoms with E-state index in [4.69, 9.17) is 4.74 Å². The van der Waals surface area contributed by atoms with Crippen molar-refractivity contribution in [2.75, 3.05) is 26.2 Å². The predicted molar refractivity (Wildman–Crippen MR) is 85.6 cm³/mol. The Morgan fingerprint density at radius 3 is 2.83 bits per heavy atom. The minimum atomic E-state index is -0.312. The topological polar surface area (TPSA) is 85.2 Å². The molecule has 3 heterocycles. The van der Waals surface area contributed by atoms with E-state index in [0.29, 0.717) is 17.9 Å². The van der Waals surface area contributed by atoms with Gasteiger partial charge in [-0.15, -0.1) is 5.10 Å². The fourth-order valence-corrected chi connectivity index (χ4v) is 3.34. The highest BCUT2D eigenvalue weighted by molar-refractivity contribution is 5.97. The summed E-state index contributed by atoms with van der Waals surface area (Å²) >= 11 is 0. The molecule has 1 aromatic carbocycles. The molecule has 4 rings (SSSR count). The molecular formula is C16H20N6O2. The number of tetrazole rings is 1. The fraction of sp³-hybridized carbons (Fsp3) is 0.500. The molecule has 8 nitrogen and oxygen atoms in total. The molecule has 0 aliphatic carbocycles. The predicted octanol–water partition coefficient (Wildman–Crippen LogP) is 0.330. The number of fused-ring (bicyclic) bond motifs is 1. The highest BCUT2D eigenvalue weighted by atomic mass is 16.5. The summed E-state index contributed by atoms with van der Waals surface area (Å²) < 4.78 is 8.05. The van der Waals surface area contributed by atoms with Crippen LogP contribution in [0, 0.1) is 0 Å². The van der Waals surface area contributed by atoms with Crippen molar-refractivity contribution in [1.82, 2.24) is 30.4 Å². The van der Waals surface area contributed by atoms with Crippen molar-refractivity contribution in [2.45, 2.75) is 25.0 Å². The molecular weight excluding hydrogens is 308 g/mol. The van der Waals surface area contributed by atoms with Crippen LogP contribution in [0.15, 0.2) is 30.6 Å². The molecule has 0 unspecified atom stereocenters. The highest BCUT2D eigenvalue weighted by Crippen LogP contribution is 2.32. The quantitative estimate of drug-likeness (QED) is 0.874. The van der Waals surface area contributed by atoms with Crippen LogP contribution in [-0.2, 0) is 6.54 Å². The van der Waals surface area contributed by atoms with E-state index in [-0.39, 0.29) is 11.5 Å². The molecule has 1 amide bonds. The van der Waals surface area contributed by atoms with Crippen LogP contribution in [0.2, 0.25) is 0 Å². The first kappa shape index (κ1) is 15.1. The van der Waals surface area contributed by atoms with E-state index < -0.39 is 0 Å². The second-order valence-electron chi connectivity index (χ2n) is 6.38. The first-order valence-electron chi connectivity index (χ1n) is 8.24. The zero-order chi connectivity index (χ0) is 16.4. The summed E-state index contributed by atoms with van der Waals surface area (Å²) in [6, 6.07) is 7.46. The Morgan fingerprint density at radius 2 is 2.04 bits per heavy atom. The van der Waals surface area contributed by atoms with Crippen molar-refractivity contribution in [1.29, 1.82) is 0 Å². The normalized spacial score (nSPS) is 20.1. The highest BCUT2D eigenvalue weighted by Gasteiger charge is 2.39. The number of piperidine rings is 1. The van der Waals surface area contributed by atoms with Gasteiger partial charge >= 0.3 is 0 Å². The molecule has 8 heteroatoms. The van der Waals surface area contributed by atoms with Crippen LogP contribution in [0.4, 0.5) is 0 Å². The number of carbonyl (C=O) groups excluding carboxylic acids is 1. The molecule has 0 radical (unpaired) electrons. The first-order valence-corrected chi connectivity index (χ1v) is 8.24. The summed E-state index contributed by atoms with van der Waals surface area (Å²) in [5, 5.41) is 14.2. The third kappa shape index (κ3) is 2.96. The van der Waals surface area contributed by atoms with Gasteiger partial charge in [0.15, 0.2) is 0 Å². The van der Waals surface area contributed by atoms with E-state index in [1.54, 1.807) is 11.0 Å². The minimum Gasteiger partial charge on any atom is -0.485 e. The Morgan fingerprint density at radius 1 is 1.21 bits per heavy atom. The average Bonchev–Trinajstić information content (AvgIpc) is 3.09. The summed E-state index contributed by atoms with van der Waals surface area (Å²) in [5.41, 5.74) is 0.309. The molecule has 2 aliphatic rings. The molecule has 1 fully saturated rings. The lowest BCUT2D eigenvalue weighted by atomic mass is 9.91. The third-order valence-electron chi connectivity index (χ3n) is 4.83. The second-order valence-corrected chi connectivity index (χ2v) is 6.38. The molecule has 1 saturated heterocycles. The van der Waals surface area contributed by atoms with Crippen LogP contribution in [-0.4, -0.2) is 62.8 Å². The largest absolute Gasteiger partial charge is 0.485 e. The van der Waals surface area contributed by atoms with Gasteiger partial charge in [-0.05, 0) is 22.6 Å². The van der Waals surface area contributed by atoms with Crippen molar-refractivity contribution < 1.29 is 9.53 Å². The minimum absolute atomic E-state index is 0.0522. The molecule has 126 valence electrons. The van der Waals surface area contributed by atoms with E-state index >= 15 is 0 Å². The maximum absolute atomic E-state index is 12.2. The lowest BCUT2D eigenvalue weighted by Gasteiger charge is -2.41. The Labute approximate surface area is 139 Å². The number of nitrogens with one attached hydrogen (secondary N) is 1. The van der Waals surface area contributed by atoms with Gasteiger partial charge in [0.25, 0.3) is 5.91 Å². The van der Waals surface area contributed by atoms with Crippen molar-refractivity contribution >= 4 is 5.91 Å². The molecule has 1 spiro atoms. The summed E-state index contributed by atoms with van der Waals surface area (Å²) in [6.07, 6.45) is 3.40. The molecule has 2 aromatic rings. The van der Waals surface area contributed by atoms with Gasteiger partial charge < -0.3 is 15.0 Å². The number of hydrogen-bond acceptors (Lipinski definition) is 6. The number of para-hydroxylation sites is 1. The van der Waals surface area contributed by atoms with Gasteiger partial charge in [0.05, 0.1) is 18.7 Å². The van der Waals surface area contributed by atoms with Crippen LogP contribution in [0.1, 0.15) is 23.2 Å². The monoisotopic (exact) mass is 328 g/mol. The zero-order valence-corrected chi connectivity index (χ0v) is 13.4. The van der Waals surface area contributed by atoms with Crippen LogP contribution >= 0.6 is 0 Å². The number of likely N-dealkylation sites (tertiary alicyclic amines) is 1. The number of nitrogens with zero attached hydrogens (tertiary/aromatic N) is 5. The van der Waals surface area contributed by atoms with Crippen LogP contribution in [0.3, 0.4) is 0 Å². The summed E-state index contributed by atoms with van der Waals surface area (Å²) in [4.78, 5) is 14.6. The lowest BCUT2D eigenvalue weighted by Crippen LogP contribution is -2.53. The Hall–Kier alpha value is -2.48. The van der Waals surface area contributed by atoms with Crippen LogP contribution in [0.5, 0.6) is 5.75 Å². The molecule has 0 saturated carbocycles.